The minimum Gasteiger partial charge on any atom is -0.381 e. The maximum atomic E-state index is 9.19. The lowest BCUT2D eigenvalue weighted by Crippen LogP contribution is -2.18. The third kappa shape index (κ3) is 1.75. The lowest BCUT2D eigenvalue weighted by molar-refractivity contribution is 0.0466. The number of hydrogen-bond donors (Lipinski definition) is 2. The van der Waals surface area contributed by atoms with Crippen LogP contribution in [0, 0.1) is 11.3 Å². The Morgan fingerprint density at radius 2 is 1.92 bits per heavy atom. The van der Waals surface area contributed by atoms with Gasteiger partial charge < -0.3 is 10.2 Å². The second-order valence-corrected chi connectivity index (χ2v) is 2.13. The topological polar surface area (TPSA) is 90.0 Å². The van der Waals surface area contributed by atoms with Crippen molar-refractivity contribution in [3.8, 4) is 6.07 Å². The van der Waals surface area contributed by atoms with Crippen LogP contribution in [-0.4, -0.2) is 26.3 Å². The van der Waals surface area contributed by atoms with E-state index in [4.69, 9.17) is 10.4 Å². The molecule has 0 aliphatic heterocycles. The summed E-state index contributed by atoms with van der Waals surface area (Å²) in [4.78, 5) is 7.35. The molecule has 0 amide bonds. The highest BCUT2D eigenvalue weighted by Crippen LogP contribution is 2.09. The van der Waals surface area contributed by atoms with Gasteiger partial charge in [0.2, 0.25) is 0 Å². The molecule has 0 aromatic carbocycles. The molecule has 5 heteroatoms. The van der Waals surface area contributed by atoms with Crippen molar-refractivity contribution in [2.45, 2.75) is 12.2 Å². The van der Waals surface area contributed by atoms with Gasteiger partial charge in [0.25, 0.3) is 0 Å². The molecular formula is C7H7N3O2. The van der Waals surface area contributed by atoms with E-state index in [0.29, 0.717) is 0 Å². The number of aromatic nitrogens is 2. The molecule has 1 aromatic rings. The van der Waals surface area contributed by atoms with Crippen LogP contribution in [0.3, 0.4) is 0 Å². The standard InChI is InChI=1S/C7H7N3O2/c8-4-5(11)6(12)7-9-2-1-3-10-7/h1-3,5-6,11-12H. The van der Waals surface area contributed by atoms with Gasteiger partial charge >= 0.3 is 0 Å². The minimum atomic E-state index is -1.48. The van der Waals surface area contributed by atoms with Gasteiger partial charge in [0, 0.05) is 12.4 Å². The molecule has 0 bridgehead atoms. The number of hydrogen-bond acceptors (Lipinski definition) is 5. The summed E-state index contributed by atoms with van der Waals surface area (Å²) >= 11 is 0. The van der Waals surface area contributed by atoms with Gasteiger partial charge in [-0.3, -0.25) is 0 Å². The SMILES string of the molecule is N#CC(O)C(O)c1ncccn1. The van der Waals surface area contributed by atoms with E-state index >= 15 is 0 Å². The lowest BCUT2D eigenvalue weighted by atomic mass is 10.2. The zero-order valence-corrected chi connectivity index (χ0v) is 6.12. The van der Waals surface area contributed by atoms with Gasteiger partial charge in [0.1, 0.15) is 0 Å². The molecule has 12 heavy (non-hydrogen) atoms. The van der Waals surface area contributed by atoms with E-state index in [2.05, 4.69) is 9.97 Å². The summed E-state index contributed by atoms with van der Waals surface area (Å²) in [6.07, 6.45) is 0.0364. The number of aliphatic hydroxyl groups is 2. The van der Waals surface area contributed by atoms with Gasteiger partial charge in [-0.2, -0.15) is 5.26 Å². The molecule has 0 aliphatic carbocycles. The Hall–Kier alpha value is -1.51. The van der Waals surface area contributed by atoms with E-state index in [1.807, 2.05) is 0 Å². The summed E-state index contributed by atoms with van der Waals surface area (Å²) in [6.45, 7) is 0. The molecule has 0 fully saturated rings. The maximum Gasteiger partial charge on any atom is 0.173 e. The largest absolute Gasteiger partial charge is 0.381 e. The summed E-state index contributed by atoms with van der Waals surface area (Å²) < 4.78 is 0. The predicted octanol–water partition coefficient (Wildman–Crippen LogP) is -0.606. The molecule has 1 rings (SSSR count). The van der Waals surface area contributed by atoms with Gasteiger partial charge in [-0.25, -0.2) is 9.97 Å². The van der Waals surface area contributed by atoms with Crippen molar-refractivity contribution in [2.75, 3.05) is 0 Å². The Kier molecular flexibility index (Phi) is 2.69. The first-order valence-electron chi connectivity index (χ1n) is 3.28. The van der Waals surface area contributed by atoms with Crippen LogP contribution in [0.1, 0.15) is 11.9 Å². The van der Waals surface area contributed by atoms with E-state index in [0.717, 1.165) is 0 Å². The van der Waals surface area contributed by atoms with E-state index in [1.54, 1.807) is 6.07 Å². The molecule has 0 spiro atoms. The van der Waals surface area contributed by atoms with Crippen LogP contribution >= 0.6 is 0 Å². The molecule has 0 saturated carbocycles. The van der Waals surface area contributed by atoms with Crippen molar-refractivity contribution in [3.05, 3.63) is 24.3 Å². The second-order valence-electron chi connectivity index (χ2n) is 2.13. The van der Waals surface area contributed by atoms with Crippen LogP contribution in [0.5, 0.6) is 0 Å². The molecule has 2 unspecified atom stereocenters. The Morgan fingerprint density at radius 1 is 1.33 bits per heavy atom. The molecular weight excluding hydrogens is 158 g/mol. The highest BCUT2D eigenvalue weighted by atomic mass is 16.3. The van der Waals surface area contributed by atoms with Crippen LogP contribution in [-0.2, 0) is 0 Å². The highest BCUT2D eigenvalue weighted by molar-refractivity contribution is 5.00. The van der Waals surface area contributed by atoms with E-state index in [1.165, 1.54) is 18.5 Å². The third-order valence-electron chi connectivity index (χ3n) is 1.28. The van der Waals surface area contributed by atoms with Crippen LogP contribution in [0.25, 0.3) is 0 Å². The quantitative estimate of drug-likeness (QED) is 0.571. The second kappa shape index (κ2) is 3.76. The molecule has 5 nitrogen and oxygen atoms in total. The number of aliphatic hydroxyl groups excluding tert-OH is 2. The first kappa shape index (κ1) is 8.59. The molecule has 1 heterocycles. The number of nitrogens with zero attached hydrogens (tertiary/aromatic N) is 3. The fraction of sp³-hybridized carbons (Fsp3) is 0.286. The zero-order valence-electron chi connectivity index (χ0n) is 6.12. The van der Waals surface area contributed by atoms with Crippen molar-refractivity contribution in [1.82, 2.24) is 9.97 Å². The van der Waals surface area contributed by atoms with E-state index in [9.17, 15) is 5.11 Å². The number of rotatable bonds is 2. The minimum absolute atomic E-state index is 0.0477. The fourth-order valence-electron chi connectivity index (χ4n) is 0.675. The van der Waals surface area contributed by atoms with Gasteiger partial charge in [-0.05, 0) is 6.07 Å². The summed E-state index contributed by atoms with van der Waals surface area (Å²) in [5, 5.41) is 26.3. The Bertz CT molecular complexity index is 282. The Labute approximate surface area is 68.9 Å². The molecule has 0 aliphatic rings. The first-order valence-corrected chi connectivity index (χ1v) is 3.28. The third-order valence-corrected chi connectivity index (χ3v) is 1.28. The molecule has 2 N–H and O–H groups in total. The fourth-order valence-corrected chi connectivity index (χ4v) is 0.675. The smallest absolute Gasteiger partial charge is 0.173 e. The molecule has 1 aromatic heterocycles. The van der Waals surface area contributed by atoms with Crippen LogP contribution in [0.2, 0.25) is 0 Å². The monoisotopic (exact) mass is 165 g/mol. The van der Waals surface area contributed by atoms with Crippen molar-refractivity contribution >= 4 is 0 Å². The van der Waals surface area contributed by atoms with E-state index in [-0.39, 0.29) is 5.82 Å². The number of nitriles is 1. The van der Waals surface area contributed by atoms with Crippen LogP contribution in [0.15, 0.2) is 18.5 Å². The summed E-state index contributed by atoms with van der Waals surface area (Å²) in [7, 11) is 0. The zero-order chi connectivity index (χ0) is 8.97. The van der Waals surface area contributed by atoms with Gasteiger partial charge in [-0.1, -0.05) is 0 Å². The lowest BCUT2D eigenvalue weighted by Gasteiger charge is -2.08. The Morgan fingerprint density at radius 3 is 2.42 bits per heavy atom. The van der Waals surface area contributed by atoms with Crippen molar-refractivity contribution in [1.29, 1.82) is 5.26 Å². The average Bonchev–Trinajstić information content (AvgIpc) is 2.17. The Balaban J connectivity index is 2.80. The predicted molar refractivity (Wildman–Crippen MR) is 38.6 cm³/mol. The van der Waals surface area contributed by atoms with Crippen LogP contribution in [0.4, 0.5) is 0 Å². The van der Waals surface area contributed by atoms with Crippen LogP contribution < -0.4 is 0 Å². The van der Waals surface area contributed by atoms with Gasteiger partial charge in [-0.15, -0.1) is 0 Å². The molecule has 0 saturated heterocycles. The van der Waals surface area contributed by atoms with E-state index < -0.39 is 12.2 Å². The first-order chi connectivity index (χ1) is 5.75. The summed E-state index contributed by atoms with van der Waals surface area (Å²) in [5.41, 5.74) is 0. The highest BCUT2D eigenvalue weighted by Gasteiger charge is 2.19. The molecule has 2 atom stereocenters. The summed E-state index contributed by atoms with van der Waals surface area (Å²) in [5.74, 6) is 0.0477. The molecule has 62 valence electrons. The average molecular weight is 165 g/mol. The van der Waals surface area contributed by atoms with Gasteiger partial charge in [0.15, 0.2) is 18.0 Å². The summed E-state index contributed by atoms with van der Waals surface area (Å²) in [6, 6.07) is 3.07. The van der Waals surface area contributed by atoms with Crippen molar-refractivity contribution in [3.63, 3.8) is 0 Å². The molecule has 0 radical (unpaired) electrons. The normalized spacial score (nSPS) is 14.8. The van der Waals surface area contributed by atoms with Crippen molar-refractivity contribution in [2.24, 2.45) is 0 Å². The maximum absolute atomic E-state index is 9.19. The van der Waals surface area contributed by atoms with Gasteiger partial charge in [0.05, 0.1) is 6.07 Å². The van der Waals surface area contributed by atoms with Crippen molar-refractivity contribution < 1.29 is 10.2 Å².